The maximum Gasteiger partial charge on any atom is 0.128 e. The number of hydrogen-bond acceptors (Lipinski definition) is 2. The van der Waals surface area contributed by atoms with Crippen LogP contribution in [-0.4, -0.2) is 25.7 Å². The zero-order valence-electron chi connectivity index (χ0n) is 10.7. The first-order chi connectivity index (χ1) is 8.20. The molecule has 2 rings (SSSR count). The van der Waals surface area contributed by atoms with Crippen molar-refractivity contribution in [3.63, 3.8) is 0 Å². The van der Waals surface area contributed by atoms with E-state index in [-0.39, 0.29) is 5.82 Å². The van der Waals surface area contributed by atoms with Gasteiger partial charge in [-0.15, -0.1) is 0 Å². The minimum atomic E-state index is -0.105. The average Bonchev–Trinajstić information content (AvgIpc) is 2.58. The summed E-state index contributed by atoms with van der Waals surface area (Å²) < 4.78 is 13.5. The second-order valence-corrected chi connectivity index (χ2v) is 4.77. The maximum absolute atomic E-state index is 13.5. The van der Waals surface area contributed by atoms with E-state index in [4.69, 9.17) is 0 Å². The van der Waals surface area contributed by atoms with Crippen LogP contribution in [0.3, 0.4) is 0 Å². The molecule has 2 nitrogen and oxygen atoms in total. The minimum Gasteiger partial charge on any atom is -0.370 e. The summed E-state index contributed by atoms with van der Waals surface area (Å²) in [5.74, 6) is -0.105. The zero-order chi connectivity index (χ0) is 12.3. The van der Waals surface area contributed by atoms with E-state index in [0.29, 0.717) is 11.6 Å². The molecule has 0 aromatic heterocycles. The van der Waals surface area contributed by atoms with Gasteiger partial charge in [-0.2, -0.15) is 0 Å². The molecular formula is C14H21FN2. The molecule has 0 saturated carbocycles. The van der Waals surface area contributed by atoms with E-state index in [1.807, 2.05) is 12.1 Å². The number of nitrogens with one attached hydrogen (secondary N) is 1. The van der Waals surface area contributed by atoms with Crippen LogP contribution >= 0.6 is 0 Å². The van der Waals surface area contributed by atoms with Crippen LogP contribution in [0.25, 0.3) is 0 Å². The fourth-order valence-corrected chi connectivity index (χ4v) is 2.31. The smallest absolute Gasteiger partial charge is 0.128 e. The molecule has 1 saturated heterocycles. The summed E-state index contributed by atoms with van der Waals surface area (Å²) in [7, 11) is 0. The third kappa shape index (κ3) is 2.97. The third-order valence-corrected chi connectivity index (χ3v) is 3.58. The molecule has 1 N–H and O–H groups in total. The Balaban J connectivity index is 2.08. The summed E-state index contributed by atoms with van der Waals surface area (Å²) in [5, 5.41) is 3.52. The summed E-state index contributed by atoms with van der Waals surface area (Å²) in [5.41, 5.74) is 1.72. The molecule has 0 radical (unpaired) electrons. The van der Waals surface area contributed by atoms with Crippen LogP contribution in [0.4, 0.5) is 10.1 Å². The molecule has 1 fully saturated rings. The van der Waals surface area contributed by atoms with Gasteiger partial charge in [0.1, 0.15) is 5.82 Å². The molecule has 0 bridgehead atoms. The Labute approximate surface area is 103 Å². The summed E-state index contributed by atoms with van der Waals surface area (Å²) in [4.78, 5) is 2.27. The lowest BCUT2D eigenvalue weighted by atomic mass is 10.1. The lowest BCUT2D eigenvalue weighted by Gasteiger charge is -2.22. The van der Waals surface area contributed by atoms with Gasteiger partial charge >= 0.3 is 0 Å². The third-order valence-electron chi connectivity index (χ3n) is 3.58. The second-order valence-electron chi connectivity index (χ2n) is 4.77. The highest BCUT2D eigenvalue weighted by atomic mass is 19.1. The Kier molecular flexibility index (Phi) is 4.00. The van der Waals surface area contributed by atoms with Crippen LogP contribution in [0.5, 0.6) is 0 Å². The molecular weight excluding hydrogens is 215 g/mol. The van der Waals surface area contributed by atoms with Crippen molar-refractivity contribution in [2.24, 2.45) is 0 Å². The van der Waals surface area contributed by atoms with Gasteiger partial charge in [-0.1, -0.05) is 13.0 Å². The highest BCUT2D eigenvalue weighted by Crippen LogP contribution is 2.19. The molecule has 1 aliphatic heterocycles. The van der Waals surface area contributed by atoms with E-state index in [2.05, 4.69) is 17.1 Å². The average molecular weight is 236 g/mol. The molecule has 1 unspecified atom stereocenters. The molecule has 1 aliphatic rings. The van der Waals surface area contributed by atoms with E-state index in [9.17, 15) is 4.39 Å². The van der Waals surface area contributed by atoms with Crippen molar-refractivity contribution in [2.75, 3.05) is 24.5 Å². The number of aryl methyl sites for hydroxylation is 1. The van der Waals surface area contributed by atoms with Crippen molar-refractivity contribution in [3.05, 3.63) is 29.6 Å². The lowest BCUT2D eigenvalue weighted by Crippen LogP contribution is -2.30. The van der Waals surface area contributed by atoms with Gasteiger partial charge < -0.3 is 10.2 Å². The Morgan fingerprint density at radius 2 is 2.24 bits per heavy atom. The van der Waals surface area contributed by atoms with Gasteiger partial charge in [-0.3, -0.25) is 0 Å². The van der Waals surface area contributed by atoms with Crippen LogP contribution in [0.15, 0.2) is 18.2 Å². The van der Waals surface area contributed by atoms with Crippen LogP contribution in [0, 0.1) is 12.7 Å². The van der Waals surface area contributed by atoms with Crippen LogP contribution in [-0.2, 0) is 0 Å². The Morgan fingerprint density at radius 1 is 1.41 bits per heavy atom. The van der Waals surface area contributed by atoms with Crippen molar-refractivity contribution in [1.82, 2.24) is 5.32 Å². The molecule has 1 heterocycles. The van der Waals surface area contributed by atoms with Gasteiger partial charge in [0, 0.05) is 31.4 Å². The molecule has 1 aromatic carbocycles. The molecule has 3 heteroatoms. The number of rotatable bonds is 2. The fraction of sp³-hybridized carbons (Fsp3) is 0.571. The first-order valence-corrected chi connectivity index (χ1v) is 6.45. The largest absolute Gasteiger partial charge is 0.370 e. The number of benzene rings is 1. The number of hydrogen-bond donors (Lipinski definition) is 1. The number of anilines is 1. The Hall–Kier alpha value is -1.09. The van der Waals surface area contributed by atoms with Gasteiger partial charge in [-0.25, -0.2) is 4.39 Å². The number of nitrogens with zero attached hydrogens (tertiary/aromatic N) is 1. The van der Waals surface area contributed by atoms with Crippen molar-refractivity contribution in [1.29, 1.82) is 0 Å². The predicted molar refractivity (Wildman–Crippen MR) is 70.0 cm³/mol. The van der Waals surface area contributed by atoms with Crippen molar-refractivity contribution in [3.8, 4) is 0 Å². The zero-order valence-corrected chi connectivity index (χ0v) is 10.7. The lowest BCUT2D eigenvalue weighted by molar-refractivity contribution is 0.510. The monoisotopic (exact) mass is 236 g/mol. The van der Waals surface area contributed by atoms with Crippen molar-refractivity contribution in [2.45, 2.75) is 32.7 Å². The maximum atomic E-state index is 13.5. The van der Waals surface area contributed by atoms with Gasteiger partial charge in [0.2, 0.25) is 0 Å². The van der Waals surface area contributed by atoms with E-state index in [1.165, 1.54) is 0 Å². The molecule has 1 atom stereocenters. The Morgan fingerprint density at radius 3 is 2.94 bits per heavy atom. The highest BCUT2D eigenvalue weighted by molar-refractivity contribution is 5.48. The summed E-state index contributed by atoms with van der Waals surface area (Å²) in [6, 6.07) is 6.14. The SMILES string of the molecule is CCC1CCN(c2ccc(C)c(F)c2)CCN1. The van der Waals surface area contributed by atoms with E-state index < -0.39 is 0 Å². The minimum absolute atomic E-state index is 0.105. The second kappa shape index (κ2) is 5.50. The van der Waals surface area contributed by atoms with Crippen LogP contribution in [0.1, 0.15) is 25.3 Å². The van der Waals surface area contributed by atoms with Gasteiger partial charge in [0.25, 0.3) is 0 Å². The van der Waals surface area contributed by atoms with Gasteiger partial charge in [-0.05, 0) is 37.5 Å². The van der Waals surface area contributed by atoms with Gasteiger partial charge in [0.05, 0.1) is 0 Å². The normalized spacial score (nSPS) is 21.4. The Bertz CT molecular complexity index is 378. The van der Waals surface area contributed by atoms with Crippen LogP contribution in [0.2, 0.25) is 0 Å². The molecule has 1 aromatic rings. The summed E-state index contributed by atoms with van der Waals surface area (Å²) in [6.45, 7) is 6.95. The molecule has 94 valence electrons. The summed E-state index contributed by atoms with van der Waals surface area (Å²) in [6.07, 6.45) is 2.29. The number of halogens is 1. The van der Waals surface area contributed by atoms with Gasteiger partial charge in [0.15, 0.2) is 0 Å². The molecule has 0 aliphatic carbocycles. The van der Waals surface area contributed by atoms with E-state index in [1.54, 1.807) is 13.0 Å². The standard InChI is InChI=1S/C14H21FN2/c1-3-12-6-8-17(9-7-16-12)13-5-4-11(2)14(15)10-13/h4-5,10,12,16H,3,6-9H2,1-2H3. The summed E-state index contributed by atoms with van der Waals surface area (Å²) >= 11 is 0. The topological polar surface area (TPSA) is 15.3 Å². The first-order valence-electron chi connectivity index (χ1n) is 6.45. The predicted octanol–water partition coefficient (Wildman–Crippen LogP) is 2.71. The van der Waals surface area contributed by atoms with Crippen molar-refractivity contribution >= 4 is 5.69 Å². The molecule has 0 amide bonds. The fourth-order valence-electron chi connectivity index (χ4n) is 2.31. The van der Waals surface area contributed by atoms with Crippen molar-refractivity contribution < 1.29 is 4.39 Å². The first kappa shape index (κ1) is 12.4. The molecule has 0 spiro atoms. The highest BCUT2D eigenvalue weighted by Gasteiger charge is 2.15. The van der Waals surface area contributed by atoms with Crippen LogP contribution < -0.4 is 10.2 Å². The molecule has 17 heavy (non-hydrogen) atoms. The van der Waals surface area contributed by atoms with E-state index >= 15 is 0 Å². The quantitative estimate of drug-likeness (QED) is 0.849. The van der Waals surface area contributed by atoms with E-state index in [0.717, 1.165) is 38.2 Å².